The molecule has 1 N–H and O–H groups in total. The Hall–Kier alpha value is -3.38. The van der Waals surface area contributed by atoms with Crippen LogP contribution in [0.3, 0.4) is 0 Å². The fraction of sp³-hybridized carbons (Fsp3) is 0.182. The van der Waals surface area contributed by atoms with E-state index in [4.69, 9.17) is 9.52 Å². The third-order valence-electron chi connectivity index (χ3n) is 4.82. The maximum Gasteiger partial charge on any atom is 0.290 e. The number of amides is 2. The number of aliphatic hydroxyl groups is 1. The summed E-state index contributed by atoms with van der Waals surface area (Å²) in [4.78, 5) is 28.6. The summed E-state index contributed by atoms with van der Waals surface area (Å²) in [7, 11) is 0. The summed E-state index contributed by atoms with van der Waals surface area (Å²) < 4.78 is 5.31. The van der Waals surface area contributed by atoms with E-state index in [2.05, 4.69) is 0 Å². The van der Waals surface area contributed by atoms with Crippen LogP contribution in [0.15, 0.2) is 71.1 Å². The summed E-state index contributed by atoms with van der Waals surface area (Å²) in [6.07, 6.45) is 0. The fourth-order valence-electron chi connectivity index (χ4n) is 3.41. The van der Waals surface area contributed by atoms with E-state index >= 15 is 0 Å². The number of nitrogens with zero attached hydrogens (tertiary/aromatic N) is 2. The minimum atomic E-state index is -0.343. The molecule has 2 heterocycles. The molecule has 1 aliphatic rings. The zero-order valence-corrected chi connectivity index (χ0v) is 15.2. The van der Waals surface area contributed by atoms with Gasteiger partial charge in [-0.3, -0.25) is 9.59 Å². The number of para-hydroxylation sites is 1. The van der Waals surface area contributed by atoms with E-state index in [1.54, 1.807) is 11.0 Å². The highest BCUT2D eigenvalue weighted by atomic mass is 16.4. The van der Waals surface area contributed by atoms with Crippen LogP contribution in [-0.2, 0) is 11.4 Å². The molecular weight excluding hydrogens is 356 g/mol. The van der Waals surface area contributed by atoms with Gasteiger partial charge in [-0.2, -0.15) is 0 Å². The molecule has 0 unspecified atom stereocenters. The highest BCUT2D eigenvalue weighted by Crippen LogP contribution is 2.31. The molecule has 1 saturated heterocycles. The number of aliphatic hydroxyl groups excluding tert-OH is 1. The number of hydrogen-bond donors (Lipinski definition) is 1. The molecule has 6 heteroatoms. The number of carbonyl (C=O) groups is 2. The van der Waals surface area contributed by atoms with E-state index in [1.165, 1.54) is 11.0 Å². The second kappa shape index (κ2) is 7.70. The standard InChI is InChI=1S/C22H20N2O4/c25-15-17-10-11-20(28-17)22(27)23-12-13-24(21(26)14-23)19-9-5-4-8-18(19)16-6-2-1-3-7-16/h1-11,25H,12-15H2. The van der Waals surface area contributed by atoms with Crippen molar-refractivity contribution in [2.24, 2.45) is 0 Å². The number of furan rings is 1. The zero-order valence-electron chi connectivity index (χ0n) is 15.2. The van der Waals surface area contributed by atoms with Gasteiger partial charge in [0, 0.05) is 18.7 Å². The van der Waals surface area contributed by atoms with E-state index in [0.717, 1.165) is 16.8 Å². The van der Waals surface area contributed by atoms with Crippen LogP contribution >= 0.6 is 0 Å². The van der Waals surface area contributed by atoms with Gasteiger partial charge in [0.1, 0.15) is 18.9 Å². The summed E-state index contributed by atoms with van der Waals surface area (Å²) in [6.45, 7) is 0.526. The first-order valence-electron chi connectivity index (χ1n) is 9.11. The smallest absolute Gasteiger partial charge is 0.290 e. The molecular formula is C22H20N2O4. The lowest BCUT2D eigenvalue weighted by Crippen LogP contribution is -2.52. The maximum absolute atomic E-state index is 12.8. The van der Waals surface area contributed by atoms with Crippen LogP contribution in [0.2, 0.25) is 0 Å². The summed E-state index contributed by atoms with van der Waals surface area (Å²) in [5.41, 5.74) is 2.86. The predicted octanol–water partition coefficient (Wildman–Crippen LogP) is 2.93. The van der Waals surface area contributed by atoms with Crippen LogP contribution in [0.25, 0.3) is 11.1 Å². The van der Waals surface area contributed by atoms with Gasteiger partial charge in [0.05, 0.1) is 5.69 Å². The first-order chi connectivity index (χ1) is 13.7. The molecule has 28 heavy (non-hydrogen) atoms. The van der Waals surface area contributed by atoms with Crippen LogP contribution < -0.4 is 4.90 Å². The molecule has 4 rings (SSSR count). The monoisotopic (exact) mass is 376 g/mol. The van der Waals surface area contributed by atoms with E-state index < -0.39 is 0 Å². The van der Waals surface area contributed by atoms with Gasteiger partial charge in [0.15, 0.2) is 5.76 Å². The minimum absolute atomic E-state index is 0.0168. The quantitative estimate of drug-likeness (QED) is 0.760. The van der Waals surface area contributed by atoms with Gasteiger partial charge in [0.2, 0.25) is 5.91 Å². The molecule has 1 aliphatic heterocycles. The van der Waals surface area contributed by atoms with E-state index in [-0.39, 0.29) is 30.7 Å². The Labute approximate surface area is 162 Å². The third-order valence-corrected chi connectivity index (χ3v) is 4.82. The summed E-state index contributed by atoms with van der Waals surface area (Å²) >= 11 is 0. The Morgan fingerprint density at radius 3 is 2.43 bits per heavy atom. The van der Waals surface area contributed by atoms with E-state index in [0.29, 0.717) is 18.8 Å². The van der Waals surface area contributed by atoms with E-state index in [9.17, 15) is 9.59 Å². The van der Waals surface area contributed by atoms with Gasteiger partial charge in [-0.05, 0) is 23.8 Å². The van der Waals surface area contributed by atoms with Crippen LogP contribution in [0.1, 0.15) is 16.3 Å². The topological polar surface area (TPSA) is 74.0 Å². The molecule has 142 valence electrons. The minimum Gasteiger partial charge on any atom is -0.453 e. The summed E-state index contributed by atoms with van der Waals surface area (Å²) in [5.74, 6) is -0.0268. The Morgan fingerprint density at radius 1 is 0.964 bits per heavy atom. The van der Waals surface area contributed by atoms with Gasteiger partial charge in [0.25, 0.3) is 5.91 Å². The zero-order chi connectivity index (χ0) is 19.5. The summed E-state index contributed by atoms with van der Waals surface area (Å²) in [6, 6.07) is 20.8. The van der Waals surface area contributed by atoms with Crippen molar-refractivity contribution in [3.63, 3.8) is 0 Å². The van der Waals surface area contributed by atoms with Gasteiger partial charge >= 0.3 is 0 Å². The van der Waals surface area contributed by atoms with Crippen molar-refractivity contribution < 1.29 is 19.1 Å². The van der Waals surface area contributed by atoms with Crippen molar-refractivity contribution in [3.05, 3.63) is 78.3 Å². The largest absolute Gasteiger partial charge is 0.453 e. The Bertz CT molecular complexity index is 997. The van der Waals surface area contributed by atoms with Gasteiger partial charge in [-0.25, -0.2) is 0 Å². The van der Waals surface area contributed by atoms with Crippen molar-refractivity contribution in [1.29, 1.82) is 0 Å². The first-order valence-corrected chi connectivity index (χ1v) is 9.11. The Kier molecular flexibility index (Phi) is 4.95. The van der Waals surface area contributed by atoms with E-state index in [1.807, 2.05) is 54.6 Å². The molecule has 2 aromatic carbocycles. The van der Waals surface area contributed by atoms with Gasteiger partial charge in [-0.1, -0.05) is 48.5 Å². The predicted molar refractivity (Wildman–Crippen MR) is 105 cm³/mol. The Morgan fingerprint density at radius 2 is 1.71 bits per heavy atom. The lowest BCUT2D eigenvalue weighted by atomic mass is 10.0. The number of anilines is 1. The molecule has 2 amide bonds. The van der Waals surface area contributed by atoms with Crippen molar-refractivity contribution in [2.45, 2.75) is 6.61 Å². The highest BCUT2D eigenvalue weighted by molar-refractivity contribution is 6.03. The molecule has 3 aromatic rings. The number of piperazine rings is 1. The van der Waals surface area contributed by atoms with Crippen LogP contribution in [0.5, 0.6) is 0 Å². The van der Waals surface area contributed by atoms with Crippen molar-refractivity contribution in [2.75, 3.05) is 24.5 Å². The average molecular weight is 376 g/mol. The van der Waals surface area contributed by atoms with Gasteiger partial charge < -0.3 is 19.3 Å². The molecule has 0 bridgehead atoms. The second-order valence-electron chi connectivity index (χ2n) is 6.58. The lowest BCUT2D eigenvalue weighted by Gasteiger charge is -2.35. The number of rotatable bonds is 4. The second-order valence-corrected chi connectivity index (χ2v) is 6.58. The first kappa shape index (κ1) is 18.0. The van der Waals surface area contributed by atoms with Crippen molar-refractivity contribution >= 4 is 17.5 Å². The molecule has 0 radical (unpaired) electrons. The normalized spacial score (nSPS) is 14.4. The van der Waals surface area contributed by atoms with Crippen LogP contribution in [0, 0.1) is 0 Å². The average Bonchev–Trinajstić information content (AvgIpc) is 3.23. The highest BCUT2D eigenvalue weighted by Gasteiger charge is 2.30. The lowest BCUT2D eigenvalue weighted by molar-refractivity contribution is -0.120. The molecule has 0 aliphatic carbocycles. The molecule has 0 spiro atoms. The molecule has 0 atom stereocenters. The number of hydrogen-bond acceptors (Lipinski definition) is 4. The van der Waals surface area contributed by atoms with Crippen molar-refractivity contribution in [3.8, 4) is 11.1 Å². The van der Waals surface area contributed by atoms with Gasteiger partial charge in [-0.15, -0.1) is 0 Å². The molecule has 1 aromatic heterocycles. The molecule has 6 nitrogen and oxygen atoms in total. The number of carbonyl (C=O) groups excluding carboxylic acids is 2. The summed E-state index contributed by atoms with van der Waals surface area (Å²) in [5, 5.41) is 9.09. The Balaban J connectivity index is 1.54. The SMILES string of the molecule is O=C(c1ccc(CO)o1)N1CCN(c2ccccc2-c2ccccc2)C(=O)C1. The number of benzene rings is 2. The molecule has 1 fully saturated rings. The molecule has 0 saturated carbocycles. The van der Waals surface area contributed by atoms with Crippen LogP contribution in [-0.4, -0.2) is 41.5 Å². The maximum atomic E-state index is 12.8. The third kappa shape index (κ3) is 3.42. The fourth-order valence-corrected chi connectivity index (χ4v) is 3.41. The van der Waals surface area contributed by atoms with Crippen LogP contribution in [0.4, 0.5) is 5.69 Å². The van der Waals surface area contributed by atoms with Crippen molar-refractivity contribution in [1.82, 2.24) is 4.90 Å².